The van der Waals surface area contributed by atoms with E-state index in [1.165, 1.54) is 6.20 Å². The van der Waals surface area contributed by atoms with Gasteiger partial charge >= 0.3 is 0 Å². The molecule has 0 N–H and O–H groups in total. The summed E-state index contributed by atoms with van der Waals surface area (Å²) in [5.41, 5.74) is 1.26. The van der Waals surface area contributed by atoms with Crippen LogP contribution in [0.1, 0.15) is 11.3 Å². The normalized spacial score (nSPS) is 9.90. The quantitative estimate of drug-likeness (QED) is 0.614. The molecule has 0 aliphatic heterocycles. The van der Waals surface area contributed by atoms with Crippen molar-refractivity contribution in [2.45, 2.75) is 13.6 Å². The van der Waals surface area contributed by atoms with Gasteiger partial charge in [-0.2, -0.15) is 0 Å². The Morgan fingerprint density at radius 1 is 1.70 bits per heavy atom. The van der Waals surface area contributed by atoms with E-state index in [-0.39, 0.29) is 0 Å². The van der Waals surface area contributed by atoms with Crippen LogP contribution in [0.4, 0.5) is 4.39 Å². The third kappa shape index (κ3) is 1.45. The molecule has 1 nitrogen and oxygen atoms in total. The van der Waals surface area contributed by atoms with E-state index in [1.807, 2.05) is 0 Å². The van der Waals surface area contributed by atoms with Crippen LogP contribution in [0.25, 0.3) is 0 Å². The predicted octanol–water partition coefficient (Wildman–Crippen LogP) is 2.51. The van der Waals surface area contributed by atoms with Crippen molar-refractivity contribution in [3.05, 3.63) is 28.5 Å². The zero-order chi connectivity index (χ0) is 7.56. The summed E-state index contributed by atoms with van der Waals surface area (Å²) in [6, 6.07) is 1.59. The van der Waals surface area contributed by atoms with Crippen molar-refractivity contribution in [1.82, 2.24) is 4.98 Å². The molecular formula is C7H7ClFN. The number of rotatable bonds is 1. The predicted molar refractivity (Wildman–Crippen MR) is 38.8 cm³/mol. The average molecular weight is 160 g/mol. The number of nitrogens with zero attached hydrogens (tertiary/aromatic N) is 1. The molecule has 0 saturated heterocycles. The van der Waals surface area contributed by atoms with Crippen molar-refractivity contribution < 1.29 is 4.39 Å². The van der Waals surface area contributed by atoms with E-state index in [2.05, 4.69) is 4.98 Å². The van der Waals surface area contributed by atoms with Crippen molar-refractivity contribution in [2.75, 3.05) is 0 Å². The Balaban J connectivity index is 3.04. The van der Waals surface area contributed by atoms with Gasteiger partial charge in [0.05, 0.1) is 10.7 Å². The summed E-state index contributed by atoms with van der Waals surface area (Å²) in [6.07, 6.45) is 1.49. The van der Waals surface area contributed by atoms with Gasteiger partial charge in [0.15, 0.2) is 0 Å². The monoisotopic (exact) mass is 159 g/mol. The zero-order valence-corrected chi connectivity index (χ0v) is 6.32. The number of aromatic nitrogens is 1. The van der Waals surface area contributed by atoms with Crippen LogP contribution in [0.15, 0.2) is 12.3 Å². The summed E-state index contributed by atoms with van der Waals surface area (Å²) in [4.78, 5) is 3.88. The first-order chi connectivity index (χ1) is 4.74. The molecule has 3 heteroatoms. The van der Waals surface area contributed by atoms with E-state index >= 15 is 0 Å². The van der Waals surface area contributed by atoms with E-state index in [9.17, 15) is 4.39 Å². The Morgan fingerprint density at radius 3 is 2.90 bits per heavy atom. The van der Waals surface area contributed by atoms with Gasteiger partial charge in [0.25, 0.3) is 0 Å². The molecule has 10 heavy (non-hydrogen) atoms. The second kappa shape index (κ2) is 2.97. The third-order valence-electron chi connectivity index (χ3n) is 1.24. The molecule has 0 radical (unpaired) electrons. The lowest BCUT2D eigenvalue weighted by atomic mass is 10.3. The van der Waals surface area contributed by atoms with Crippen molar-refractivity contribution in [1.29, 1.82) is 0 Å². The summed E-state index contributed by atoms with van der Waals surface area (Å²) < 4.78 is 11.9. The van der Waals surface area contributed by atoms with Crippen molar-refractivity contribution in [3.63, 3.8) is 0 Å². The standard InChI is InChI=1S/C7H7ClFN/c1-5-7(8)2-6(3-9)4-10-5/h2,4H,3H2,1H3. The Morgan fingerprint density at radius 2 is 2.40 bits per heavy atom. The first kappa shape index (κ1) is 7.48. The molecule has 1 aromatic heterocycles. The molecule has 1 heterocycles. The van der Waals surface area contributed by atoms with Crippen LogP contribution < -0.4 is 0 Å². The minimum Gasteiger partial charge on any atom is -0.260 e. The van der Waals surface area contributed by atoms with E-state index in [0.29, 0.717) is 10.6 Å². The molecule has 0 spiro atoms. The van der Waals surface area contributed by atoms with Crippen LogP contribution in [0.2, 0.25) is 5.02 Å². The summed E-state index contributed by atoms with van der Waals surface area (Å²) in [5.74, 6) is 0. The molecule has 1 aromatic rings. The van der Waals surface area contributed by atoms with Crippen LogP contribution >= 0.6 is 11.6 Å². The van der Waals surface area contributed by atoms with Gasteiger partial charge in [0.2, 0.25) is 0 Å². The van der Waals surface area contributed by atoms with Gasteiger partial charge in [0, 0.05) is 11.8 Å². The Labute approximate surface area is 63.8 Å². The smallest absolute Gasteiger partial charge is 0.116 e. The first-order valence-corrected chi connectivity index (χ1v) is 3.29. The van der Waals surface area contributed by atoms with Crippen molar-refractivity contribution >= 4 is 11.6 Å². The number of aryl methyl sites for hydroxylation is 1. The Kier molecular flexibility index (Phi) is 2.22. The van der Waals surface area contributed by atoms with Crippen molar-refractivity contribution in [3.8, 4) is 0 Å². The number of pyridine rings is 1. The molecule has 0 aromatic carbocycles. The number of hydrogen-bond acceptors (Lipinski definition) is 1. The highest BCUT2D eigenvalue weighted by atomic mass is 35.5. The van der Waals surface area contributed by atoms with E-state index < -0.39 is 6.67 Å². The van der Waals surface area contributed by atoms with Crippen molar-refractivity contribution in [2.24, 2.45) is 0 Å². The van der Waals surface area contributed by atoms with Gasteiger partial charge in [-0.3, -0.25) is 4.98 Å². The third-order valence-corrected chi connectivity index (χ3v) is 1.62. The SMILES string of the molecule is Cc1ncc(CF)cc1Cl. The fourth-order valence-corrected chi connectivity index (χ4v) is 0.808. The second-order valence-corrected chi connectivity index (χ2v) is 2.45. The molecule has 0 aliphatic carbocycles. The minimum absolute atomic E-state index is 0.507. The topological polar surface area (TPSA) is 12.9 Å². The molecule has 0 atom stereocenters. The fourth-order valence-electron chi connectivity index (χ4n) is 0.619. The molecular weight excluding hydrogens is 153 g/mol. The zero-order valence-electron chi connectivity index (χ0n) is 5.56. The molecule has 0 unspecified atom stereocenters. The van der Waals surface area contributed by atoms with E-state index in [4.69, 9.17) is 11.6 Å². The number of hydrogen-bond donors (Lipinski definition) is 0. The summed E-state index contributed by atoms with van der Waals surface area (Å²) in [5, 5.41) is 0.523. The summed E-state index contributed by atoms with van der Waals surface area (Å²) in [7, 11) is 0. The number of alkyl halides is 1. The van der Waals surface area contributed by atoms with Gasteiger partial charge < -0.3 is 0 Å². The van der Waals surface area contributed by atoms with Gasteiger partial charge in [-0.15, -0.1) is 0 Å². The molecule has 0 bridgehead atoms. The molecule has 1 rings (SSSR count). The molecule has 0 saturated carbocycles. The van der Waals surface area contributed by atoms with Gasteiger partial charge in [-0.25, -0.2) is 4.39 Å². The lowest BCUT2D eigenvalue weighted by molar-refractivity contribution is 0.484. The maximum Gasteiger partial charge on any atom is 0.116 e. The fraction of sp³-hybridized carbons (Fsp3) is 0.286. The largest absolute Gasteiger partial charge is 0.260 e. The molecule has 0 amide bonds. The molecule has 0 aliphatic rings. The molecule has 0 fully saturated rings. The van der Waals surface area contributed by atoms with Gasteiger partial charge in [-0.1, -0.05) is 11.6 Å². The van der Waals surface area contributed by atoms with E-state index in [0.717, 1.165) is 5.69 Å². The lowest BCUT2D eigenvalue weighted by Gasteiger charge is -1.97. The lowest BCUT2D eigenvalue weighted by Crippen LogP contribution is -1.85. The van der Waals surface area contributed by atoms with Crippen LogP contribution in [0.5, 0.6) is 0 Å². The highest BCUT2D eigenvalue weighted by molar-refractivity contribution is 6.31. The average Bonchev–Trinajstić information content (AvgIpc) is 1.95. The van der Waals surface area contributed by atoms with Crippen LogP contribution in [0, 0.1) is 6.92 Å². The van der Waals surface area contributed by atoms with E-state index in [1.54, 1.807) is 13.0 Å². The Hall–Kier alpha value is -0.630. The van der Waals surface area contributed by atoms with Crippen LogP contribution in [-0.2, 0) is 6.67 Å². The maximum absolute atomic E-state index is 11.9. The number of halogens is 2. The van der Waals surface area contributed by atoms with Crippen LogP contribution in [-0.4, -0.2) is 4.98 Å². The summed E-state index contributed by atoms with van der Waals surface area (Å²) >= 11 is 5.66. The highest BCUT2D eigenvalue weighted by Gasteiger charge is 1.97. The first-order valence-electron chi connectivity index (χ1n) is 2.91. The highest BCUT2D eigenvalue weighted by Crippen LogP contribution is 2.14. The summed E-state index contributed by atoms with van der Waals surface area (Å²) in [6.45, 7) is 1.28. The maximum atomic E-state index is 11.9. The molecule has 54 valence electrons. The second-order valence-electron chi connectivity index (χ2n) is 2.04. The van der Waals surface area contributed by atoms with Gasteiger partial charge in [0.1, 0.15) is 6.67 Å². The van der Waals surface area contributed by atoms with Crippen LogP contribution in [0.3, 0.4) is 0 Å². The Bertz CT molecular complexity index is 237. The minimum atomic E-state index is -0.507. The van der Waals surface area contributed by atoms with Gasteiger partial charge in [-0.05, 0) is 13.0 Å².